The number of rotatable bonds is 5. The summed E-state index contributed by atoms with van der Waals surface area (Å²) in [5.41, 5.74) is 7.29. The van der Waals surface area contributed by atoms with Gasteiger partial charge in [0.1, 0.15) is 0 Å². The van der Waals surface area contributed by atoms with Crippen LogP contribution in [0.25, 0.3) is 0 Å². The molecule has 2 rings (SSSR count). The molecule has 1 heterocycles. The molecule has 20 heavy (non-hydrogen) atoms. The van der Waals surface area contributed by atoms with Crippen molar-refractivity contribution in [2.24, 2.45) is 16.6 Å². The lowest BCUT2D eigenvalue weighted by Crippen LogP contribution is -2.47. The third-order valence-corrected chi connectivity index (χ3v) is 6.57. The molecule has 0 atom stereocenters. The van der Waals surface area contributed by atoms with Gasteiger partial charge in [-0.25, -0.2) is 0 Å². The van der Waals surface area contributed by atoms with Gasteiger partial charge in [-0.05, 0) is 56.1 Å². The van der Waals surface area contributed by atoms with Crippen LogP contribution in [-0.4, -0.2) is 31.1 Å². The van der Waals surface area contributed by atoms with Crippen molar-refractivity contribution < 1.29 is 0 Å². The Morgan fingerprint density at radius 2 is 1.35 bits per heavy atom. The number of nitrogens with two attached hydrogens (primary N) is 1. The Labute approximate surface area is 126 Å². The maximum atomic E-state index is 6.20. The molecule has 1 aliphatic carbocycles. The normalized spacial score (nSPS) is 27.1. The number of hydrogen-bond donors (Lipinski definition) is 1. The van der Waals surface area contributed by atoms with Gasteiger partial charge in [0, 0.05) is 6.54 Å². The summed E-state index contributed by atoms with van der Waals surface area (Å²) < 4.78 is 0. The van der Waals surface area contributed by atoms with Gasteiger partial charge in [0.15, 0.2) is 0 Å². The Kier molecular flexibility index (Phi) is 5.92. The fourth-order valence-corrected chi connectivity index (χ4v) is 4.52. The molecule has 118 valence electrons. The fourth-order valence-electron chi connectivity index (χ4n) is 4.52. The number of hydrogen-bond acceptors (Lipinski definition) is 2. The molecule has 2 nitrogen and oxygen atoms in total. The molecule has 1 saturated heterocycles. The molecular formula is C18H36N2. The van der Waals surface area contributed by atoms with Crippen LogP contribution in [0.2, 0.25) is 0 Å². The lowest BCUT2D eigenvalue weighted by molar-refractivity contribution is 0.0561. The van der Waals surface area contributed by atoms with Gasteiger partial charge in [0.2, 0.25) is 0 Å². The first kappa shape index (κ1) is 16.3. The van der Waals surface area contributed by atoms with Crippen molar-refractivity contribution in [2.75, 3.05) is 26.2 Å². The molecule has 2 fully saturated rings. The second kappa shape index (κ2) is 7.26. The molecule has 0 amide bonds. The van der Waals surface area contributed by atoms with Gasteiger partial charge in [-0.3, -0.25) is 0 Å². The van der Waals surface area contributed by atoms with Crippen LogP contribution in [0.4, 0.5) is 0 Å². The molecule has 0 aromatic heterocycles. The van der Waals surface area contributed by atoms with Gasteiger partial charge in [0.05, 0.1) is 0 Å². The largest absolute Gasteiger partial charge is 0.330 e. The Morgan fingerprint density at radius 3 is 1.80 bits per heavy atom. The van der Waals surface area contributed by atoms with E-state index < -0.39 is 0 Å². The molecule has 0 aromatic carbocycles. The molecule has 2 N–H and O–H groups in total. The highest BCUT2D eigenvalue weighted by Crippen LogP contribution is 2.40. The summed E-state index contributed by atoms with van der Waals surface area (Å²) in [6.45, 7) is 9.55. The van der Waals surface area contributed by atoms with Crippen LogP contribution < -0.4 is 5.73 Å². The van der Waals surface area contributed by atoms with E-state index in [-0.39, 0.29) is 0 Å². The monoisotopic (exact) mass is 280 g/mol. The second-order valence-electron chi connectivity index (χ2n) is 7.60. The van der Waals surface area contributed by atoms with Crippen LogP contribution in [0.3, 0.4) is 0 Å². The van der Waals surface area contributed by atoms with Crippen molar-refractivity contribution in [3.05, 3.63) is 0 Å². The first-order valence-electron chi connectivity index (χ1n) is 9.10. The van der Waals surface area contributed by atoms with Gasteiger partial charge < -0.3 is 10.6 Å². The average Bonchev–Trinajstić information content (AvgIpc) is 2.75. The maximum absolute atomic E-state index is 6.20. The fraction of sp³-hybridized carbons (Fsp3) is 1.00. The summed E-state index contributed by atoms with van der Waals surface area (Å²) in [5.74, 6) is 0. The van der Waals surface area contributed by atoms with Gasteiger partial charge in [-0.15, -0.1) is 0 Å². The molecule has 2 heteroatoms. The highest BCUT2D eigenvalue weighted by atomic mass is 15.1. The minimum Gasteiger partial charge on any atom is -0.330 e. The average molecular weight is 280 g/mol. The molecule has 0 bridgehead atoms. The van der Waals surface area contributed by atoms with Crippen molar-refractivity contribution in [1.29, 1.82) is 0 Å². The van der Waals surface area contributed by atoms with Crippen LogP contribution in [0.15, 0.2) is 0 Å². The topological polar surface area (TPSA) is 29.3 Å². The molecule has 0 radical (unpaired) electrons. The van der Waals surface area contributed by atoms with Crippen molar-refractivity contribution in [3.63, 3.8) is 0 Å². The van der Waals surface area contributed by atoms with Gasteiger partial charge in [-0.2, -0.15) is 0 Å². The van der Waals surface area contributed by atoms with E-state index in [1.165, 1.54) is 83.8 Å². The van der Waals surface area contributed by atoms with Crippen LogP contribution in [0.5, 0.6) is 0 Å². The summed E-state index contributed by atoms with van der Waals surface area (Å²) in [6, 6.07) is 0. The summed E-state index contributed by atoms with van der Waals surface area (Å²) in [4.78, 5) is 2.74. The van der Waals surface area contributed by atoms with E-state index in [9.17, 15) is 0 Å². The zero-order valence-electron chi connectivity index (χ0n) is 13.9. The van der Waals surface area contributed by atoms with Crippen molar-refractivity contribution in [2.45, 2.75) is 78.1 Å². The molecule has 1 saturated carbocycles. The van der Waals surface area contributed by atoms with Crippen LogP contribution >= 0.6 is 0 Å². The zero-order valence-corrected chi connectivity index (χ0v) is 13.9. The van der Waals surface area contributed by atoms with E-state index in [1.807, 2.05) is 0 Å². The zero-order chi connectivity index (χ0) is 14.5. The summed E-state index contributed by atoms with van der Waals surface area (Å²) in [5, 5.41) is 0. The van der Waals surface area contributed by atoms with E-state index in [1.54, 1.807) is 0 Å². The Balaban J connectivity index is 1.90. The Bertz CT molecular complexity index is 265. The van der Waals surface area contributed by atoms with E-state index in [2.05, 4.69) is 18.7 Å². The van der Waals surface area contributed by atoms with Crippen molar-refractivity contribution in [1.82, 2.24) is 4.90 Å². The first-order valence-corrected chi connectivity index (χ1v) is 9.10. The van der Waals surface area contributed by atoms with E-state index >= 15 is 0 Å². The van der Waals surface area contributed by atoms with E-state index in [0.29, 0.717) is 10.8 Å². The van der Waals surface area contributed by atoms with Crippen LogP contribution in [0.1, 0.15) is 78.1 Å². The number of nitrogens with zero attached hydrogens (tertiary/aromatic N) is 1. The molecule has 0 aromatic rings. The molecule has 0 spiro atoms. The first-order chi connectivity index (χ1) is 9.67. The van der Waals surface area contributed by atoms with Crippen LogP contribution in [-0.2, 0) is 0 Å². The summed E-state index contributed by atoms with van der Waals surface area (Å²) in [7, 11) is 0. The summed E-state index contributed by atoms with van der Waals surface area (Å²) in [6.07, 6.45) is 13.9. The van der Waals surface area contributed by atoms with Gasteiger partial charge in [0.25, 0.3) is 0 Å². The maximum Gasteiger partial charge on any atom is 0.00501 e. The van der Waals surface area contributed by atoms with E-state index in [0.717, 1.165) is 6.54 Å². The molecule has 1 aliphatic heterocycles. The van der Waals surface area contributed by atoms with Gasteiger partial charge >= 0.3 is 0 Å². The number of likely N-dealkylation sites (tertiary alicyclic amines) is 1. The SMILES string of the molecule is CCC1(CC)CCN(CC2(CN)CCCCCC2)CC1. The minimum atomic E-state index is 0.439. The third kappa shape index (κ3) is 3.76. The highest BCUT2D eigenvalue weighted by molar-refractivity contribution is 4.90. The predicted octanol–water partition coefficient (Wildman–Crippen LogP) is 4.19. The predicted molar refractivity (Wildman–Crippen MR) is 87.9 cm³/mol. The van der Waals surface area contributed by atoms with Crippen molar-refractivity contribution in [3.8, 4) is 0 Å². The Hall–Kier alpha value is -0.0800. The Morgan fingerprint density at radius 1 is 0.800 bits per heavy atom. The van der Waals surface area contributed by atoms with Gasteiger partial charge in [-0.1, -0.05) is 52.4 Å². The van der Waals surface area contributed by atoms with E-state index in [4.69, 9.17) is 5.73 Å². The highest BCUT2D eigenvalue weighted by Gasteiger charge is 2.36. The van der Waals surface area contributed by atoms with Crippen molar-refractivity contribution >= 4 is 0 Å². The molecule has 0 unspecified atom stereocenters. The molecule has 2 aliphatic rings. The molecular weight excluding hydrogens is 244 g/mol. The minimum absolute atomic E-state index is 0.439. The second-order valence-corrected chi connectivity index (χ2v) is 7.60. The lowest BCUT2D eigenvalue weighted by atomic mass is 9.73. The third-order valence-electron chi connectivity index (χ3n) is 6.57. The standard InChI is InChI=1S/C18H36N2/c1-3-17(4-2)11-13-20(14-12-17)16-18(15-19)9-7-5-6-8-10-18/h3-16,19H2,1-2H3. The lowest BCUT2D eigenvalue weighted by Gasteiger charge is -2.44. The summed E-state index contributed by atoms with van der Waals surface area (Å²) >= 11 is 0. The number of piperidine rings is 1. The smallest absolute Gasteiger partial charge is 0.00501 e. The quantitative estimate of drug-likeness (QED) is 0.765. The van der Waals surface area contributed by atoms with Crippen LogP contribution in [0, 0.1) is 10.8 Å².